The van der Waals surface area contributed by atoms with Crippen molar-refractivity contribution >= 4 is 34.3 Å². The minimum Gasteiger partial charge on any atom is -0.469 e. The van der Waals surface area contributed by atoms with Crippen LogP contribution < -0.4 is 0 Å². The highest BCUT2D eigenvalue weighted by Gasteiger charge is 2.34. The Bertz CT molecular complexity index is 1440. The molecule has 4 aromatic rings. The lowest BCUT2D eigenvalue weighted by molar-refractivity contribution is -0.140. The molecule has 1 aliphatic heterocycles. The van der Waals surface area contributed by atoms with Crippen LogP contribution in [-0.2, 0) is 26.1 Å². The van der Waals surface area contributed by atoms with E-state index in [2.05, 4.69) is 63.1 Å². The standard InChI is InChI=1S/C28H28N4O3S/c1-34-27(33)8-3-2-7-25-30-31-26-12-9-20-17-23(10-11-24(20)32(25)26)36-22-6-4-5-21(18-22)28(19-29)13-15-35-16-14-28/h4-6,9-12,17-18H,2-3,7-8,13-16H2,1H3. The number of fused-ring (bicyclic) bond motifs is 3. The topological polar surface area (TPSA) is 89.5 Å². The van der Waals surface area contributed by atoms with E-state index in [0.717, 1.165) is 69.8 Å². The molecule has 0 bridgehead atoms. The lowest BCUT2D eigenvalue weighted by atomic mass is 9.75. The van der Waals surface area contributed by atoms with E-state index in [1.165, 1.54) is 7.11 Å². The first-order valence-electron chi connectivity index (χ1n) is 12.2. The third-order valence-electron chi connectivity index (χ3n) is 6.85. The minimum absolute atomic E-state index is 0.183. The summed E-state index contributed by atoms with van der Waals surface area (Å²) in [5.41, 5.74) is 2.48. The van der Waals surface area contributed by atoms with Crippen molar-refractivity contribution in [1.82, 2.24) is 14.6 Å². The number of carbonyl (C=O) groups is 1. The number of nitrogens with zero attached hydrogens (tertiary/aromatic N) is 4. The van der Waals surface area contributed by atoms with E-state index >= 15 is 0 Å². The SMILES string of the molecule is COC(=O)CCCCc1nnc2ccc3cc(Sc4cccc(C5(C#N)CCOCC5)c4)ccc3n12. The van der Waals surface area contributed by atoms with Gasteiger partial charge in [0.25, 0.3) is 0 Å². The second kappa shape index (κ2) is 10.7. The largest absolute Gasteiger partial charge is 0.469 e. The highest BCUT2D eigenvalue weighted by atomic mass is 32.2. The van der Waals surface area contributed by atoms with Crippen LogP contribution in [0.25, 0.3) is 16.6 Å². The molecular formula is C28H28N4O3S. The molecule has 2 aromatic heterocycles. The lowest BCUT2D eigenvalue weighted by Crippen LogP contribution is -2.32. The van der Waals surface area contributed by atoms with Gasteiger partial charge in [0.15, 0.2) is 5.65 Å². The molecule has 2 aromatic carbocycles. The van der Waals surface area contributed by atoms with Crippen LogP contribution in [0.3, 0.4) is 0 Å². The van der Waals surface area contributed by atoms with Crippen LogP contribution in [0.4, 0.5) is 0 Å². The van der Waals surface area contributed by atoms with Crippen molar-refractivity contribution in [3.05, 3.63) is 66.0 Å². The van der Waals surface area contributed by atoms with Gasteiger partial charge < -0.3 is 9.47 Å². The fourth-order valence-electron chi connectivity index (χ4n) is 4.79. The Balaban J connectivity index is 1.37. The highest BCUT2D eigenvalue weighted by Crippen LogP contribution is 2.38. The highest BCUT2D eigenvalue weighted by molar-refractivity contribution is 7.99. The summed E-state index contributed by atoms with van der Waals surface area (Å²) in [5.74, 6) is 0.713. The maximum Gasteiger partial charge on any atom is 0.305 e. The average molecular weight is 501 g/mol. The number of ether oxygens (including phenoxy) is 2. The number of rotatable bonds is 8. The normalized spacial score (nSPS) is 15.1. The first-order chi connectivity index (χ1) is 17.6. The molecule has 0 atom stereocenters. The van der Waals surface area contributed by atoms with Crippen LogP contribution >= 0.6 is 11.8 Å². The number of methoxy groups -OCH3 is 1. The number of pyridine rings is 1. The summed E-state index contributed by atoms with van der Waals surface area (Å²) in [7, 11) is 1.42. The summed E-state index contributed by atoms with van der Waals surface area (Å²) in [6, 6.07) is 21.4. The first kappa shape index (κ1) is 24.3. The molecule has 0 N–H and O–H groups in total. The van der Waals surface area contributed by atoms with Crippen molar-refractivity contribution in [2.24, 2.45) is 0 Å². The zero-order chi connectivity index (χ0) is 25.0. The first-order valence-corrected chi connectivity index (χ1v) is 13.0. The summed E-state index contributed by atoms with van der Waals surface area (Å²) in [5, 5.41) is 19.8. The number of hydrogen-bond acceptors (Lipinski definition) is 7. The number of esters is 1. The number of aromatic nitrogens is 3. The fraction of sp³-hybridized carbons (Fsp3) is 0.357. The predicted molar refractivity (Wildman–Crippen MR) is 138 cm³/mol. The molecule has 0 unspecified atom stereocenters. The molecule has 3 heterocycles. The molecule has 1 saturated heterocycles. The van der Waals surface area contributed by atoms with Crippen LogP contribution in [-0.4, -0.2) is 40.9 Å². The van der Waals surface area contributed by atoms with Gasteiger partial charge in [0, 0.05) is 35.8 Å². The number of nitriles is 1. The summed E-state index contributed by atoms with van der Waals surface area (Å²) >= 11 is 1.70. The van der Waals surface area contributed by atoms with Gasteiger partial charge in [-0.05, 0) is 79.1 Å². The van der Waals surface area contributed by atoms with Gasteiger partial charge in [-0.3, -0.25) is 9.20 Å². The molecular weight excluding hydrogens is 472 g/mol. The van der Waals surface area contributed by atoms with Gasteiger partial charge in [-0.25, -0.2) is 0 Å². The maximum atomic E-state index is 11.4. The van der Waals surface area contributed by atoms with Gasteiger partial charge in [0.2, 0.25) is 0 Å². The van der Waals surface area contributed by atoms with Crippen molar-refractivity contribution in [2.45, 2.75) is 53.7 Å². The zero-order valence-electron chi connectivity index (χ0n) is 20.3. The van der Waals surface area contributed by atoms with Crippen LogP contribution in [0.15, 0.2) is 64.4 Å². The lowest BCUT2D eigenvalue weighted by Gasteiger charge is -2.31. The molecule has 0 aliphatic carbocycles. The van der Waals surface area contributed by atoms with Crippen LogP contribution in [0, 0.1) is 11.3 Å². The van der Waals surface area contributed by atoms with Gasteiger partial charge >= 0.3 is 5.97 Å². The molecule has 0 radical (unpaired) electrons. The van der Waals surface area contributed by atoms with Crippen molar-refractivity contribution in [3.63, 3.8) is 0 Å². The molecule has 184 valence electrons. The predicted octanol–water partition coefficient (Wildman–Crippen LogP) is 5.49. The van der Waals surface area contributed by atoms with Crippen molar-refractivity contribution in [3.8, 4) is 6.07 Å². The van der Waals surface area contributed by atoms with Crippen LogP contribution in [0.1, 0.15) is 43.5 Å². The van der Waals surface area contributed by atoms with Gasteiger partial charge in [0.05, 0.1) is 24.1 Å². The third kappa shape index (κ3) is 4.95. The second-order valence-corrected chi connectivity index (χ2v) is 10.2. The zero-order valence-corrected chi connectivity index (χ0v) is 21.1. The van der Waals surface area contributed by atoms with Crippen LogP contribution in [0.2, 0.25) is 0 Å². The van der Waals surface area contributed by atoms with E-state index in [1.54, 1.807) is 11.8 Å². The van der Waals surface area contributed by atoms with Crippen LogP contribution in [0.5, 0.6) is 0 Å². The number of carbonyl (C=O) groups excluding carboxylic acids is 1. The monoisotopic (exact) mass is 500 g/mol. The van der Waals surface area contributed by atoms with E-state index in [9.17, 15) is 10.1 Å². The quantitative estimate of drug-likeness (QED) is 0.233. The Hall–Kier alpha value is -3.41. The number of aryl methyl sites for hydroxylation is 1. The van der Waals surface area contributed by atoms with E-state index < -0.39 is 5.41 Å². The van der Waals surface area contributed by atoms with Gasteiger partial charge in [0.1, 0.15) is 5.82 Å². The molecule has 36 heavy (non-hydrogen) atoms. The Labute approximate surface area is 214 Å². The molecule has 0 spiro atoms. The molecule has 0 saturated carbocycles. The average Bonchev–Trinajstić information content (AvgIpc) is 3.34. The van der Waals surface area contributed by atoms with E-state index in [-0.39, 0.29) is 5.97 Å². The Morgan fingerprint density at radius 1 is 1.11 bits per heavy atom. The van der Waals surface area contributed by atoms with Gasteiger partial charge in [-0.2, -0.15) is 5.26 Å². The number of benzene rings is 2. The minimum atomic E-state index is -0.467. The Morgan fingerprint density at radius 3 is 2.75 bits per heavy atom. The summed E-state index contributed by atoms with van der Waals surface area (Å²) in [4.78, 5) is 13.6. The summed E-state index contributed by atoms with van der Waals surface area (Å²) in [6.45, 7) is 1.25. The van der Waals surface area contributed by atoms with E-state index in [1.807, 2.05) is 12.1 Å². The molecule has 1 fully saturated rings. The van der Waals surface area contributed by atoms with Crippen molar-refractivity contribution < 1.29 is 14.3 Å². The third-order valence-corrected chi connectivity index (χ3v) is 7.83. The maximum absolute atomic E-state index is 11.4. The van der Waals surface area contributed by atoms with E-state index in [4.69, 9.17) is 9.47 Å². The molecule has 8 heteroatoms. The Kier molecular flexibility index (Phi) is 7.21. The molecule has 0 amide bonds. The van der Waals surface area contributed by atoms with Gasteiger partial charge in [-0.15, -0.1) is 10.2 Å². The second-order valence-electron chi connectivity index (χ2n) is 9.08. The smallest absolute Gasteiger partial charge is 0.305 e. The Morgan fingerprint density at radius 2 is 1.94 bits per heavy atom. The molecule has 7 nitrogen and oxygen atoms in total. The van der Waals surface area contributed by atoms with Gasteiger partial charge in [-0.1, -0.05) is 23.9 Å². The molecule has 5 rings (SSSR count). The summed E-state index contributed by atoms with van der Waals surface area (Å²) < 4.78 is 12.3. The number of unbranched alkanes of at least 4 members (excludes halogenated alkanes) is 1. The fourth-order valence-corrected chi connectivity index (χ4v) is 5.72. The summed E-state index contributed by atoms with van der Waals surface area (Å²) in [6.07, 6.45) is 4.21. The van der Waals surface area contributed by atoms with E-state index in [0.29, 0.717) is 19.6 Å². The number of hydrogen-bond donors (Lipinski definition) is 0. The van der Waals surface area contributed by atoms with Crippen molar-refractivity contribution in [1.29, 1.82) is 5.26 Å². The molecule has 1 aliphatic rings. The van der Waals surface area contributed by atoms with Crippen molar-refractivity contribution in [2.75, 3.05) is 20.3 Å².